The number of halogens is 4. The van der Waals surface area contributed by atoms with Crippen molar-refractivity contribution in [2.45, 2.75) is 26.1 Å². The Morgan fingerprint density at radius 2 is 1.88 bits per heavy atom. The molecule has 0 saturated heterocycles. The lowest BCUT2D eigenvalue weighted by atomic mass is 10.00. The summed E-state index contributed by atoms with van der Waals surface area (Å²) in [7, 11) is 0. The van der Waals surface area contributed by atoms with Crippen molar-refractivity contribution in [2.75, 3.05) is 19.6 Å². The SMILES string of the molecule is CCNC(=O)CNC(=O)C(NCC(F)(F)F)c1ccc(F)cc1C. The van der Waals surface area contributed by atoms with E-state index in [1.54, 1.807) is 6.92 Å². The Labute approximate surface area is 136 Å². The van der Waals surface area contributed by atoms with Gasteiger partial charge >= 0.3 is 6.18 Å². The van der Waals surface area contributed by atoms with E-state index in [0.717, 1.165) is 12.1 Å². The van der Waals surface area contributed by atoms with Crippen molar-refractivity contribution < 1.29 is 27.2 Å². The predicted octanol–water partition coefficient (Wildman–Crippen LogP) is 1.58. The molecule has 3 N–H and O–H groups in total. The van der Waals surface area contributed by atoms with Crippen molar-refractivity contribution in [3.63, 3.8) is 0 Å². The van der Waals surface area contributed by atoms with Gasteiger partial charge in [-0.05, 0) is 37.1 Å². The maximum atomic E-state index is 13.2. The van der Waals surface area contributed by atoms with Crippen molar-refractivity contribution in [1.29, 1.82) is 0 Å². The maximum absolute atomic E-state index is 13.2. The molecule has 9 heteroatoms. The molecule has 2 amide bonds. The Morgan fingerprint density at radius 3 is 2.42 bits per heavy atom. The highest BCUT2D eigenvalue weighted by molar-refractivity contribution is 5.88. The second kappa shape index (κ2) is 8.62. The predicted molar refractivity (Wildman–Crippen MR) is 79.6 cm³/mol. The summed E-state index contributed by atoms with van der Waals surface area (Å²) in [6.07, 6.45) is -4.52. The zero-order chi connectivity index (χ0) is 18.3. The second-order valence-corrected chi connectivity index (χ2v) is 5.10. The molecule has 0 radical (unpaired) electrons. The number of hydrogen-bond donors (Lipinski definition) is 3. The Morgan fingerprint density at radius 1 is 1.21 bits per heavy atom. The molecule has 1 atom stereocenters. The third-order valence-electron chi connectivity index (χ3n) is 3.11. The van der Waals surface area contributed by atoms with Crippen molar-refractivity contribution in [3.8, 4) is 0 Å². The monoisotopic (exact) mass is 349 g/mol. The highest BCUT2D eigenvalue weighted by Gasteiger charge is 2.31. The van der Waals surface area contributed by atoms with Gasteiger partial charge in [0, 0.05) is 6.54 Å². The van der Waals surface area contributed by atoms with Crippen LogP contribution in [-0.4, -0.2) is 37.6 Å². The molecule has 0 aromatic heterocycles. The molecular weight excluding hydrogens is 330 g/mol. The first kappa shape index (κ1) is 19.9. The fraction of sp³-hybridized carbons (Fsp3) is 0.467. The van der Waals surface area contributed by atoms with Gasteiger partial charge in [-0.1, -0.05) is 6.07 Å². The molecule has 1 aromatic carbocycles. The third-order valence-corrected chi connectivity index (χ3v) is 3.11. The average Bonchev–Trinajstić information content (AvgIpc) is 2.46. The quantitative estimate of drug-likeness (QED) is 0.655. The molecular formula is C15H19F4N3O2. The highest BCUT2D eigenvalue weighted by atomic mass is 19.4. The Hall–Kier alpha value is -2.16. The zero-order valence-electron chi connectivity index (χ0n) is 13.3. The number of hydrogen-bond acceptors (Lipinski definition) is 3. The molecule has 0 bridgehead atoms. The van der Waals surface area contributed by atoms with E-state index >= 15 is 0 Å². The van der Waals surface area contributed by atoms with Gasteiger partial charge in [0.25, 0.3) is 0 Å². The van der Waals surface area contributed by atoms with Gasteiger partial charge in [0.2, 0.25) is 11.8 Å². The number of amides is 2. The van der Waals surface area contributed by atoms with Crippen LogP contribution in [0.1, 0.15) is 24.1 Å². The number of aryl methyl sites for hydroxylation is 1. The molecule has 0 aliphatic heterocycles. The second-order valence-electron chi connectivity index (χ2n) is 5.10. The lowest BCUT2D eigenvalue weighted by Crippen LogP contribution is -2.44. The Kier molecular flexibility index (Phi) is 7.15. The van der Waals surface area contributed by atoms with Crippen LogP contribution in [0.3, 0.4) is 0 Å². The minimum absolute atomic E-state index is 0.203. The summed E-state index contributed by atoms with van der Waals surface area (Å²) < 4.78 is 50.5. The number of benzene rings is 1. The highest BCUT2D eigenvalue weighted by Crippen LogP contribution is 2.21. The van der Waals surface area contributed by atoms with E-state index in [1.807, 2.05) is 0 Å². The minimum atomic E-state index is -4.52. The van der Waals surface area contributed by atoms with Crippen LogP contribution < -0.4 is 16.0 Å². The molecule has 0 aliphatic rings. The van der Waals surface area contributed by atoms with Crippen LogP contribution in [0.5, 0.6) is 0 Å². The van der Waals surface area contributed by atoms with Crippen molar-refractivity contribution in [3.05, 3.63) is 35.1 Å². The summed E-state index contributed by atoms with van der Waals surface area (Å²) in [4.78, 5) is 23.6. The first-order valence-corrected chi connectivity index (χ1v) is 7.24. The molecule has 1 rings (SSSR count). The van der Waals surface area contributed by atoms with Crippen LogP contribution >= 0.6 is 0 Å². The van der Waals surface area contributed by atoms with Crippen LogP contribution in [0.25, 0.3) is 0 Å². The third kappa shape index (κ3) is 6.53. The fourth-order valence-corrected chi connectivity index (χ4v) is 2.05. The number of carbonyl (C=O) groups excluding carboxylic acids is 2. The zero-order valence-corrected chi connectivity index (χ0v) is 13.3. The van der Waals surface area contributed by atoms with E-state index in [-0.39, 0.29) is 12.1 Å². The van der Waals surface area contributed by atoms with Gasteiger partial charge in [-0.3, -0.25) is 14.9 Å². The van der Waals surface area contributed by atoms with Gasteiger partial charge in [-0.15, -0.1) is 0 Å². The number of nitrogens with one attached hydrogen (secondary N) is 3. The van der Waals surface area contributed by atoms with Crippen molar-refractivity contribution >= 4 is 11.8 Å². The molecule has 134 valence electrons. The summed E-state index contributed by atoms with van der Waals surface area (Å²) in [6.45, 7) is 1.77. The van der Waals surface area contributed by atoms with Gasteiger partial charge < -0.3 is 10.6 Å². The molecule has 24 heavy (non-hydrogen) atoms. The first-order chi connectivity index (χ1) is 11.1. The van der Waals surface area contributed by atoms with Crippen LogP contribution in [0, 0.1) is 12.7 Å². The van der Waals surface area contributed by atoms with Gasteiger partial charge in [0.1, 0.15) is 11.9 Å². The van der Waals surface area contributed by atoms with E-state index in [2.05, 4.69) is 16.0 Å². The summed E-state index contributed by atoms with van der Waals surface area (Å²) >= 11 is 0. The summed E-state index contributed by atoms with van der Waals surface area (Å²) in [5.74, 6) is -1.83. The minimum Gasteiger partial charge on any atom is -0.355 e. The molecule has 1 unspecified atom stereocenters. The molecule has 0 aliphatic carbocycles. The summed E-state index contributed by atoms with van der Waals surface area (Å²) in [6, 6.07) is 2.06. The van der Waals surface area contributed by atoms with Gasteiger partial charge in [0.05, 0.1) is 13.1 Å². The smallest absolute Gasteiger partial charge is 0.355 e. The van der Waals surface area contributed by atoms with Crippen LogP contribution in [0.2, 0.25) is 0 Å². The molecule has 0 spiro atoms. The molecule has 0 saturated carbocycles. The molecule has 0 fully saturated rings. The van der Waals surface area contributed by atoms with Crippen LogP contribution in [-0.2, 0) is 9.59 Å². The number of rotatable bonds is 7. The summed E-state index contributed by atoms with van der Waals surface area (Å²) in [5, 5.41) is 6.82. The number of alkyl halides is 3. The topological polar surface area (TPSA) is 70.2 Å². The number of carbonyl (C=O) groups is 2. The maximum Gasteiger partial charge on any atom is 0.401 e. The lowest BCUT2D eigenvalue weighted by molar-refractivity contribution is -0.133. The molecule has 5 nitrogen and oxygen atoms in total. The Bertz CT molecular complexity index is 591. The summed E-state index contributed by atoms with van der Waals surface area (Å²) in [5.41, 5.74) is 0.525. The van der Waals surface area contributed by atoms with Crippen LogP contribution in [0.15, 0.2) is 18.2 Å². The lowest BCUT2D eigenvalue weighted by Gasteiger charge is -2.21. The van der Waals surface area contributed by atoms with Gasteiger partial charge in [-0.2, -0.15) is 13.2 Å². The van der Waals surface area contributed by atoms with Gasteiger partial charge in [-0.25, -0.2) is 4.39 Å². The van der Waals surface area contributed by atoms with Gasteiger partial charge in [0.15, 0.2) is 0 Å². The van der Waals surface area contributed by atoms with Crippen molar-refractivity contribution in [2.24, 2.45) is 0 Å². The van der Waals surface area contributed by atoms with E-state index in [0.29, 0.717) is 12.1 Å². The normalized spacial score (nSPS) is 12.6. The van der Waals surface area contributed by atoms with E-state index in [4.69, 9.17) is 0 Å². The van der Waals surface area contributed by atoms with Crippen molar-refractivity contribution in [1.82, 2.24) is 16.0 Å². The molecule has 0 heterocycles. The van der Waals surface area contributed by atoms with E-state index < -0.39 is 36.4 Å². The largest absolute Gasteiger partial charge is 0.401 e. The van der Waals surface area contributed by atoms with E-state index in [9.17, 15) is 27.2 Å². The standard InChI is InChI=1S/C15H19F4N3O2/c1-3-20-12(23)7-21-14(24)13(22-8-15(17,18)19)11-5-4-10(16)6-9(11)2/h4-6,13,22H,3,7-8H2,1-2H3,(H,20,23)(H,21,24). The van der Waals surface area contributed by atoms with Crippen LogP contribution in [0.4, 0.5) is 17.6 Å². The number of likely N-dealkylation sites (N-methyl/N-ethyl adjacent to an activating group) is 1. The van der Waals surface area contributed by atoms with E-state index in [1.165, 1.54) is 13.0 Å². The Balaban J connectivity index is 2.92. The first-order valence-electron chi connectivity index (χ1n) is 7.24. The average molecular weight is 349 g/mol. The fourth-order valence-electron chi connectivity index (χ4n) is 2.05. The molecule has 1 aromatic rings.